The molecule has 2 aromatic carbocycles. The summed E-state index contributed by atoms with van der Waals surface area (Å²) < 4.78 is 0. The number of amidine groups is 1. The second kappa shape index (κ2) is 11.0. The third-order valence-electron chi connectivity index (χ3n) is 7.72. The molecule has 2 fully saturated rings. The molecule has 0 bridgehead atoms. The zero-order valence-electron chi connectivity index (χ0n) is 21.9. The second-order valence-corrected chi connectivity index (χ2v) is 10.8. The van der Waals surface area contributed by atoms with Crippen molar-refractivity contribution in [2.45, 2.75) is 57.7 Å². The molecule has 1 atom stereocenters. The molecule has 3 aliphatic rings. The Kier molecular flexibility index (Phi) is 7.54. The summed E-state index contributed by atoms with van der Waals surface area (Å²) in [5.74, 6) is 1.70. The number of hydrogen-bond donors (Lipinski definition) is 1. The minimum absolute atomic E-state index is 0.0877. The summed E-state index contributed by atoms with van der Waals surface area (Å²) in [5.41, 5.74) is 5.01. The van der Waals surface area contributed by atoms with Crippen LogP contribution < -0.4 is 10.2 Å². The molecule has 1 saturated heterocycles. The SMILES string of the molecule is CC(=O)N[C@H]1CC[C@@H](N2CC3CC=CN=C3N(c3cccc(-c4ccc(CN(C)C)cc4)c3)C2)CC1. The van der Waals surface area contributed by atoms with Crippen LogP contribution in [0.15, 0.2) is 65.8 Å². The van der Waals surface area contributed by atoms with Gasteiger partial charge in [0, 0.05) is 49.9 Å². The molecule has 1 N–H and O–H groups in total. The molecule has 2 heterocycles. The standard InChI is InChI=1S/C30H39N5O/c1-22(36)32-27-13-15-28(16-14-27)34-20-26-7-5-17-31-30(26)35(21-34)29-8-4-6-25(18-29)24-11-9-23(10-12-24)19-33(2)3/h4-6,8-12,17-18,26-28H,7,13-16,19-21H2,1-3H3,(H,32,36)/t26?,27-,28+. The number of anilines is 1. The van der Waals surface area contributed by atoms with E-state index in [1.165, 1.54) is 28.2 Å². The zero-order valence-corrected chi connectivity index (χ0v) is 21.9. The Morgan fingerprint density at radius 1 is 1.06 bits per heavy atom. The first-order valence-electron chi connectivity index (χ1n) is 13.3. The van der Waals surface area contributed by atoms with Gasteiger partial charge in [-0.05, 0) is 75.0 Å². The van der Waals surface area contributed by atoms with Gasteiger partial charge in [0.2, 0.25) is 5.91 Å². The number of amides is 1. The van der Waals surface area contributed by atoms with Gasteiger partial charge >= 0.3 is 0 Å². The van der Waals surface area contributed by atoms with Gasteiger partial charge in [0.05, 0.1) is 6.67 Å². The highest BCUT2D eigenvalue weighted by Crippen LogP contribution is 2.33. The molecule has 1 saturated carbocycles. The highest BCUT2D eigenvalue weighted by atomic mass is 16.1. The van der Waals surface area contributed by atoms with Gasteiger partial charge in [-0.3, -0.25) is 9.69 Å². The molecule has 0 aromatic heterocycles. The van der Waals surface area contributed by atoms with Crippen LogP contribution in [0.4, 0.5) is 5.69 Å². The van der Waals surface area contributed by atoms with Crippen molar-refractivity contribution in [2.75, 3.05) is 32.2 Å². The van der Waals surface area contributed by atoms with Crippen LogP contribution in [0, 0.1) is 5.92 Å². The summed E-state index contributed by atoms with van der Waals surface area (Å²) in [6, 6.07) is 18.7. The number of benzene rings is 2. The largest absolute Gasteiger partial charge is 0.354 e. The maximum Gasteiger partial charge on any atom is 0.217 e. The molecule has 6 heteroatoms. The van der Waals surface area contributed by atoms with E-state index >= 15 is 0 Å². The second-order valence-electron chi connectivity index (χ2n) is 10.8. The molecular weight excluding hydrogens is 446 g/mol. The van der Waals surface area contributed by atoms with Gasteiger partial charge in [-0.25, -0.2) is 4.99 Å². The van der Waals surface area contributed by atoms with Crippen LogP contribution in [-0.2, 0) is 11.3 Å². The quantitative estimate of drug-likeness (QED) is 0.634. The smallest absolute Gasteiger partial charge is 0.217 e. The van der Waals surface area contributed by atoms with E-state index in [0.29, 0.717) is 18.0 Å². The van der Waals surface area contributed by atoms with Crippen molar-refractivity contribution in [3.63, 3.8) is 0 Å². The molecule has 0 spiro atoms. The molecular formula is C30H39N5O. The van der Waals surface area contributed by atoms with E-state index in [4.69, 9.17) is 4.99 Å². The normalized spacial score (nSPS) is 24.4. The number of carbonyl (C=O) groups excluding carboxylic acids is 1. The minimum atomic E-state index is 0.0877. The molecule has 5 rings (SSSR count). The third-order valence-corrected chi connectivity index (χ3v) is 7.72. The highest BCUT2D eigenvalue weighted by Gasteiger charge is 2.36. The third kappa shape index (κ3) is 5.71. The molecule has 1 aliphatic carbocycles. The molecule has 2 aliphatic heterocycles. The highest BCUT2D eigenvalue weighted by molar-refractivity contribution is 6.01. The summed E-state index contributed by atoms with van der Waals surface area (Å²) in [6.07, 6.45) is 9.60. The van der Waals surface area contributed by atoms with Crippen molar-refractivity contribution < 1.29 is 4.79 Å². The van der Waals surface area contributed by atoms with E-state index in [9.17, 15) is 4.79 Å². The number of carbonyl (C=O) groups is 1. The van der Waals surface area contributed by atoms with Crippen LogP contribution >= 0.6 is 0 Å². The lowest BCUT2D eigenvalue weighted by Crippen LogP contribution is -2.57. The minimum Gasteiger partial charge on any atom is -0.354 e. The number of hydrogen-bond acceptors (Lipinski definition) is 5. The molecule has 6 nitrogen and oxygen atoms in total. The van der Waals surface area contributed by atoms with Gasteiger partial charge in [-0.15, -0.1) is 0 Å². The fourth-order valence-corrected chi connectivity index (χ4v) is 5.98. The van der Waals surface area contributed by atoms with E-state index in [1.807, 2.05) is 6.20 Å². The van der Waals surface area contributed by atoms with Crippen LogP contribution in [0.5, 0.6) is 0 Å². The summed E-state index contributed by atoms with van der Waals surface area (Å²) in [4.78, 5) is 23.6. The maximum atomic E-state index is 11.5. The summed E-state index contributed by atoms with van der Waals surface area (Å²) >= 11 is 0. The van der Waals surface area contributed by atoms with Crippen LogP contribution in [-0.4, -0.2) is 60.9 Å². The fraction of sp³-hybridized carbons (Fsp3) is 0.467. The lowest BCUT2D eigenvalue weighted by atomic mass is 9.88. The van der Waals surface area contributed by atoms with Gasteiger partial charge in [-0.1, -0.05) is 42.5 Å². The van der Waals surface area contributed by atoms with Gasteiger partial charge in [-0.2, -0.15) is 0 Å². The van der Waals surface area contributed by atoms with Crippen LogP contribution in [0.25, 0.3) is 11.1 Å². The van der Waals surface area contributed by atoms with E-state index in [-0.39, 0.29) is 5.91 Å². The van der Waals surface area contributed by atoms with Crippen molar-refractivity contribution in [2.24, 2.45) is 10.9 Å². The number of rotatable bonds is 6. The predicted molar refractivity (Wildman–Crippen MR) is 148 cm³/mol. The molecule has 190 valence electrons. The predicted octanol–water partition coefficient (Wildman–Crippen LogP) is 4.87. The van der Waals surface area contributed by atoms with Crippen LogP contribution in [0.1, 0.15) is 44.6 Å². The summed E-state index contributed by atoms with van der Waals surface area (Å²) in [5, 5.41) is 3.12. The van der Waals surface area contributed by atoms with Crippen LogP contribution in [0.3, 0.4) is 0 Å². The van der Waals surface area contributed by atoms with Gasteiger partial charge in [0.1, 0.15) is 5.84 Å². The monoisotopic (exact) mass is 485 g/mol. The number of fused-ring (bicyclic) bond motifs is 1. The Morgan fingerprint density at radius 2 is 1.83 bits per heavy atom. The first kappa shape index (κ1) is 24.7. The zero-order chi connectivity index (χ0) is 25.1. The van der Waals surface area contributed by atoms with E-state index in [1.54, 1.807) is 6.92 Å². The van der Waals surface area contributed by atoms with Gasteiger partial charge in [0.15, 0.2) is 0 Å². The van der Waals surface area contributed by atoms with Crippen LogP contribution in [0.2, 0.25) is 0 Å². The van der Waals surface area contributed by atoms with Crippen molar-refractivity contribution in [1.82, 2.24) is 15.1 Å². The average Bonchev–Trinajstić information content (AvgIpc) is 2.88. The lowest BCUT2D eigenvalue weighted by Gasteiger charge is -2.47. The fourth-order valence-electron chi connectivity index (χ4n) is 5.98. The average molecular weight is 486 g/mol. The van der Waals surface area contributed by atoms with Crippen molar-refractivity contribution >= 4 is 17.4 Å². The van der Waals surface area contributed by atoms with Crippen molar-refractivity contribution in [1.29, 1.82) is 0 Å². The van der Waals surface area contributed by atoms with Gasteiger partial charge < -0.3 is 15.1 Å². The van der Waals surface area contributed by atoms with E-state index < -0.39 is 0 Å². The summed E-state index contributed by atoms with van der Waals surface area (Å²) in [6.45, 7) is 4.50. The topological polar surface area (TPSA) is 51.2 Å². The number of allylic oxidation sites excluding steroid dienone is 1. The summed E-state index contributed by atoms with van der Waals surface area (Å²) in [7, 11) is 4.20. The Hall–Kier alpha value is -2.96. The molecule has 1 amide bonds. The maximum absolute atomic E-state index is 11.5. The Labute approximate surface area is 215 Å². The number of nitrogens with zero attached hydrogens (tertiary/aromatic N) is 4. The van der Waals surface area contributed by atoms with Gasteiger partial charge in [0.25, 0.3) is 0 Å². The Morgan fingerprint density at radius 3 is 2.56 bits per heavy atom. The molecule has 36 heavy (non-hydrogen) atoms. The van der Waals surface area contributed by atoms with E-state index in [2.05, 4.69) is 88.7 Å². The molecule has 2 aromatic rings. The number of aliphatic imine (C=N–C) groups is 1. The first-order valence-corrected chi connectivity index (χ1v) is 13.3. The van der Waals surface area contributed by atoms with Crippen molar-refractivity contribution in [3.8, 4) is 11.1 Å². The Balaban J connectivity index is 1.35. The lowest BCUT2D eigenvalue weighted by molar-refractivity contribution is -0.119. The number of nitrogens with one attached hydrogen (secondary N) is 1. The molecule has 0 radical (unpaired) electrons. The Bertz CT molecular complexity index is 1110. The van der Waals surface area contributed by atoms with Crippen molar-refractivity contribution in [3.05, 3.63) is 66.4 Å². The molecule has 1 unspecified atom stereocenters. The van der Waals surface area contributed by atoms with E-state index in [0.717, 1.165) is 51.9 Å². The first-order chi connectivity index (χ1) is 17.5.